The van der Waals surface area contributed by atoms with Crippen molar-refractivity contribution in [1.82, 2.24) is 4.57 Å². The summed E-state index contributed by atoms with van der Waals surface area (Å²) in [6, 6.07) is 25.5. The van der Waals surface area contributed by atoms with E-state index in [4.69, 9.17) is 6.42 Å². The van der Waals surface area contributed by atoms with E-state index in [2.05, 4.69) is 10.9 Å². The molecule has 4 rings (SSSR count). The first-order valence-electron chi connectivity index (χ1n) is 8.52. The lowest BCUT2D eigenvalue weighted by molar-refractivity contribution is 0.0998. The summed E-state index contributed by atoms with van der Waals surface area (Å²) in [5.74, 6) is 2.37. The van der Waals surface area contributed by atoms with Crippen molar-refractivity contribution in [3.8, 4) is 23.5 Å². The van der Waals surface area contributed by atoms with Crippen LogP contribution in [-0.2, 0) is 6.54 Å². The molecule has 0 atom stereocenters. The molecule has 4 aromatic rings. The molecule has 0 radical (unpaired) electrons. The number of terminal acetylenes is 1. The Hall–Kier alpha value is -3.42. The Morgan fingerprint density at radius 2 is 1.59 bits per heavy atom. The molecule has 0 bridgehead atoms. The molecule has 4 heteroatoms. The number of thiazole rings is 1. The Bertz CT molecular complexity index is 1210. The molecule has 1 amide bonds. The number of amides is 1. The summed E-state index contributed by atoms with van der Waals surface area (Å²) < 4.78 is 2.95. The highest BCUT2D eigenvalue weighted by Crippen LogP contribution is 2.20. The summed E-state index contributed by atoms with van der Waals surface area (Å²) in [6.45, 7) is 0.378. The van der Waals surface area contributed by atoms with E-state index >= 15 is 0 Å². The minimum Gasteiger partial charge on any atom is -0.305 e. The fourth-order valence-electron chi connectivity index (χ4n) is 2.94. The number of nitrogens with zero attached hydrogens (tertiary/aromatic N) is 2. The summed E-state index contributed by atoms with van der Waals surface area (Å²) in [5, 5.41) is 0. The van der Waals surface area contributed by atoms with Crippen molar-refractivity contribution in [2.45, 2.75) is 6.54 Å². The molecule has 0 fully saturated rings. The van der Waals surface area contributed by atoms with Crippen molar-refractivity contribution in [1.29, 1.82) is 0 Å². The van der Waals surface area contributed by atoms with Crippen molar-refractivity contribution >= 4 is 27.5 Å². The zero-order chi connectivity index (χ0) is 18.6. The summed E-state index contributed by atoms with van der Waals surface area (Å²) in [4.78, 5) is 17.6. The molecule has 0 saturated heterocycles. The average Bonchev–Trinajstić information content (AvgIpc) is 3.06. The smallest absolute Gasteiger partial charge is 0.279 e. The van der Waals surface area contributed by atoms with Gasteiger partial charge in [0, 0.05) is 5.56 Å². The highest BCUT2D eigenvalue weighted by molar-refractivity contribution is 7.16. The number of benzene rings is 3. The largest absolute Gasteiger partial charge is 0.305 e. The fourth-order valence-corrected chi connectivity index (χ4v) is 3.97. The molecule has 1 heterocycles. The molecule has 1 aromatic heterocycles. The Balaban J connectivity index is 1.71. The maximum absolute atomic E-state index is 12.7. The zero-order valence-electron chi connectivity index (χ0n) is 14.5. The molecule has 130 valence electrons. The molecule has 0 N–H and O–H groups in total. The lowest BCUT2D eigenvalue weighted by atomic mass is 10.0. The van der Waals surface area contributed by atoms with Crippen LogP contribution >= 0.6 is 11.3 Å². The third kappa shape index (κ3) is 3.46. The maximum Gasteiger partial charge on any atom is 0.279 e. The molecule has 0 aliphatic carbocycles. The topological polar surface area (TPSA) is 34.4 Å². The van der Waals surface area contributed by atoms with Gasteiger partial charge in [0.1, 0.15) is 0 Å². The van der Waals surface area contributed by atoms with Gasteiger partial charge in [-0.2, -0.15) is 4.99 Å². The Morgan fingerprint density at radius 3 is 2.33 bits per heavy atom. The molecule has 0 unspecified atom stereocenters. The van der Waals surface area contributed by atoms with Crippen LogP contribution < -0.4 is 4.80 Å². The summed E-state index contributed by atoms with van der Waals surface area (Å²) in [7, 11) is 0. The number of hydrogen-bond acceptors (Lipinski definition) is 2. The third-order valence-electron chi connectivity index (χ3n) is 4.27. The van der Waals surface area contributed by atoms with E-state index in [-0.39, 0.29) is 5.91 Å². The van der Waals surface area contributed by atoms with Gasteiger partial charge in [0.05, 0.1) is 16.8 Å². The van der Waals surface area contributed by atoms with Crippen LogP contribution in [0.3, 0.4) is 0 Å². The molecule has 0 aliphatic rings. The van der Waals surface area contributed by atoms with E-state index < -0.39 is 0 Å². The monoisotopic (exact) mass is 368 g/mol. The van der Waals surface area contributed by atoms with Gasteiger partial charge >= 0.3 is 0 Å². The van der Waals surface area contributed by atoms with Crippen LogP contribution in [0.2, 0.25) is 0 Å². The Morgan fingerprint density at radius 1 is 0.926 bits per heavy atom. The van der Waals surface area contributed by atoms with Gasteiger partial charge in [-0.1, -0.05) is 71.9 Å². The van der Waals surface area contributed by atoms with Gasteiger partial charge in [0.2, 0.25) is 0 Å². The molecule has 3 nitrogen and oxygen atoms in total. The molecule has 0 saturated carbocycles. The summed E-state index contributed by atoms with van der Waals surface area (Å²) in [6.07, 6.45) is 5.50. The van der Waals surface area contributed by atoms with Crippen LogP contribution in [0.5, 0.6) is 0 Å². The lowest BCUT2D eigenvalue weighted by Gasteiger charge is -2.02. The van der Waals surface area contributed by atoms with E-state index in [1.54, 1.807) is 0 Å². The van der Waals surface area contributed by atoms with Gasteiger partial charge in [-0.3, -0.25) is 4.79 Å². The van der Waals surface area contributed by atoms with Gasteiger partial charge in [-0.15, -0.1) is 6.42 Å². The first-order chi connectivity index (χ1) is 13.3. The Labute approximate surface area is 161 Å². The second kappa shape index (κ2) is 7.45. The maximum atomic E-state index is 12.7. The van der Waals surface area contributed by atoms with Crippen molar-refractivity contribution in [2.75, 3.05) is 0 Å². The van der Waals surface area contributed by atoms with E-state index in [9.17, 15) is 4.79 Å². The lowest BCUT2D eigenvalue weighted by Crippen LogP contribution is -2.16. The normalized spacial score (nSPS) is 11.4. The standard InChI is InChI=1S/C23H16N2OS/c1-2-16-25-20-10-6-7-11-21(20)27-23(25)24-22(26)19-14-12-18(13-15-19)17-8-4-3-5-9-17/h1,3-15H,16H2. The molecule has 0 aliphatic heterocycles. The van der Waals surface area contributed by atoms with Crippen LogP contribution in [0.15, 0.2) is 83.9 Å². The molecule has 0 spiro atoms. The Kier molecular flexibility index (Phi) is 4.69. The van der Waals surface area contributed by atoms with Crippen LogP contribution in [0.4, 0.5) is 0 Å². The van der Waals surface area contributed by atoms with Gasteiger partial charge < -0.3 is 4.57 Å². The predicted molar refractivity (Wildman–Crippen MR) is 110 cm³/mol. The SMILES string of the molecule is C#CCn1c(=NC(=O)c2ccc(-c3ccccc3)cc2)sc2ccccc21. The zero-order valence-corrected chi connectivity index (χ0v) is 15.3. The van der Waals surface area contributed by atoms with Crippen LogP contribution in [0.25, 0.3) is 21.3 Å². The van der Waals surface area contributed by atoms with E-state index in [1.165, 1.54) is 11.3 Å². The first kappa shape index (κ1) is 17.0. The van der Waals surface area contributed by atoms with Crippen molar-refractivity contribution < 1.29 is 4.79 Å². The van der Waals surface area contributed by atoms with Crippen molar-refractivity contribution in [3.63, 3.8) is 0 Å². The molecule has 27 heavy (non-hydrogen) atoms. The quantitative estimate of drug-likeness (QED) is 0.481. The van der Waals surface area contributed by atoms with Crippen LogP contribution in [-0.4, -0.2) is 10.5 Å². The number of carbonyl (C=O) groups is 1. The van der Waals surface area contributed by atoms with Gasteiger partial charge in [0.25, 0.3) is 5.91 Å². The number of hydrogen-bond donors (Lipinski definition) is 0. The third-order valence-corrected chi connectivity index (χ3v) is 5.33. The molecular formula is C23H16N2OS. The second-order valence-corrected chi connectivity index (χ2v) is 7.01. The minimum atomic E-state index is -0.271. The van der Waals surface area contributed by atoms with Crippen LogP contribution in [0, 0.1) is 12.3 Å². The number of fused-ring (bicyclic) bond motifs is 1. The number of rotatable bonds is 3. The fraction of sp³-hybridized carbons (Fsp3) is 0.0435. The number of aromatic nitrogens is 1. The number of carbonyl (C=O) groups excluding carboxylic acids is 1. The van der Waals surface area contributed by atoms with Gasteiger partial charge in [-0.25, -0.2) is 0 Å². The van der Waals surface area contributed by atoms with Gasteiger partial charge in [-0.05, 0) is 35.4 Å². The summed E-state index contributed by atoms with van der Waals surface area (Å²) in [5.41, 5.74) is 3.73. The van der Waals surface area contributed by atoms with E-state index in [0.29, 0.717) is 16.9 Å². The minimum absolute atomic E-state index is 0.271. The van der Waals surface area contributed by atoms with Crippen LogP contribution in [0.1, 0.15) is 10.4 Å². The van der Waals surface area contributed by atoms with Gasteiger partial charge in [0.15, 0.2) is 4.80 Å². The highest BCUT2D eigenvalue weighted by atomic mass is 32.1. The van der Waals surface area contributed by atoms with Crippen molar-refractivity contribution in [2.24, 2.45) is 4.99 Å². The summed E-state index contributed by atoms with van der Waals surface area (Å²) >= 11 is 1.47. The highest BCUT2D eigenvalue weighted by Gasteiger charge is 2.09. The molecular weight excluding hydrogens is 352 g/mol. The predicted octanol–water partition coefficient (Wildman–Crippen LogP) is 4.74. The van der Waals surface area contributed by atoms with Crippen molar-refractivity contribution in [3.05, 3.63) is 89.2 Å². The second-order valence-electron chi connectivity index (χ2n) is 6.00. The molecule has 3 aromatic carbocycles. The van der Waals surface area contributed by atoms with E-state index in [1.807, 2.05) is 83.4 Å². The van der Waals surface area contributed by atoms with E-state index in [0.717, 1.165) is 21.3 Å². The average molecular weight is 368 g/mol. The number of para-hydroxylation sites is 1. The first-order valence-corrected chi connectivity index (χ1v) is 9.34.